The summed E-state index contributed by atoms with van der Waals surface area (Å²) in [6.45, 7) is 2.16. The molecule has 0 unspecified atom stereocenters. The van der Waals surface area contributed by atoms with Crippen molar-refractivity contribution < 1.29 is 14.3 Å². The van der Waals surface area contributed by atoms with Crippen molar-refractivity contribution in [1.29, 1.82) is 0 Å². The summed E-state index contributed by atoms with van der Waals surface area (Å²) < 4.78 is 14.9. The summed E-state index contributed by atoms with van der Waals surface area (Å²) in [4.78, 5) is 19.1. The fourth-order valence-corrected chi connectivity index (χ4v) is 4.11. The number of aryl methyl sites for hydroxylation is 1. The lowest BCUT2D eigenvalue weighted by Crippen LogP contribution is -2.29. The van der Waals surface area contributed by atoms with E-state index in [2.05, 4.69) is 15.2 Å². The van der Waals surface area contributed by atoms with Gasteiger partial charge in [-0.05, 0) is 36.8 Å². The van der Waals surface area contributed by atoms with Gasteiger partial charge in [0, 0.05) is 35.6 Å². The zero-order valence-electron chi connectivity index (χ0n) is 16.7. The first-order valence-corrected chi connectivity index (χ1v) is 9.87. The Morgan fingerprint density at radius 2 is 2.00 bits per heavy atom. The number of aromatic amines is 1. The lowest BCUT2D eigenvalue weighted by Gasteiger charge is -2.26. The second-order valence-electron chi connectivity index (χ2n) is 7.60. The van der Waals surface area contributed by atoms with E-state index < -0.39 is 11.9 Å². The van der Waals surface area contributed by atoms with Crippen LogP contribution in [0.5, 0.6) is 5.75 Å². The van der Waals surface area contributed by atoms with Gasteiger partial charge in [-0.25, -0.2) is 4.39 Å². The van der Waals surface area contributed by atoms with Crippen molar-refractivity contribution in [2.24, 2.45) is 0 Å². The lowest BCUT2D eigenvalue weighted by atomic mass is 9.94. The maximum absolute atomic E-state index is 14.9. The van der Waals surface area contributed by atoms with Crippen LogP contribution in [-0.4, -0.2) is 31.1 Å². The molecule has 3 heterocycles. The number of aromatic hydroxyl groups is 1. The van der Waals surface area contributed by atoms with E-state index in [1.54, 1.807) is 59.8 Å². The van der Waals surface area contributed by atoms with E-state index in [9.17, 15) is 14.3 Å². The predicted octanol–water partition coefficient (Wildman–Crippen LogP) is 4.37. The minimum atomic E-state index is -0.697. The largest absolute Gasteiger partial charge is 0.507 e. The molecule has 2 aromatic carbocycles. The van der Waals surface area contributed by atoms with Gasteiger partial charge in [0.05, 0.1) is 6.04 Å². The Bertz CT molecular complexity index is 1290. The number of hydrogen-bond acceptors (Lipinski definition) is 4. The number of phenols is 1. The Morgan fingerprint density at radius 3 is 2.77 bits per heavy atom. The van der Waals surface area contributed by atoms with Gasteiger partial charge < -0.3 is 10.0 Å². The zero-order valence-corrected chi connectivity index (χ0v) is 16.7. The van der Waals surface area contributed by atoms with Gasteiger partial charge in [0.25, 0.3) is 5.91 Å². The number of carbonyl (C=O) groups excluding carboxylic acids is 1. The molecule has 1 amide bonds. The topological polar surface area (TPSA) is 82.1 Å². The molecule has 0 saturated heterocycles. The van der Waals surface area contributed by atoms with E-state index in [0.717, 1.165) is 11.1 Å². The van der Waals surface area contributed by atoms with Crippen LogP contribution in [0.4, 0.5) is 4.39 Å². The highest BCUT2D eigenvalue weighted by molar-refractivity contribution is 6.00. The average Bonchev–Trinajstić information content (AvgIpc) is 3.31. The maximum atomic E-state index is 14.9. The third-order valence-electron chi connectivity index (χ3n) is 5.55. The summed E-state index contributed by atoms with van der Waals surface area (Å²) >= 11 is 0. The van der Waals surface area contributed by atoms with Crippen LogP contribution >= 0.6 is 0 Å². The second-order valence-corrected chi connectivity index (χ2v) is 7.60. The summed E-state index contributed by atoms with van der Waals surface area (Å²) in [7, 11) is 0. The molecule has 0 spiro atoms. The van der Waals surface area contributed by atoms with Crippen LogP contribution in [0.1, 0.15) is 38.8 Å². The van der Waals surface area contributed by atoms with Gasteiger partial charge in [-0.3, -0.25) is 14.9 Å². The van der Waals surface area contributed by atoms with E-state index in [1.165, 1.54) is 6.07 Å². The first-order chi connectivity index (χ1) is 15.0. The number of amides is 1. The zero-order chi connectivity index (χ0) is 21.5. The highest BCUT2D eigenvalue weighted by Crippen LogP contribution is 2.45. The Kier molecular flexibility index (Phi) is 4.51. The van der Waals surface area contributed by atoms with Crippen molar-refractivity contribution in [2.45, 2.75) is 19.5 Å². The van der Waals surface area contributed by atoms with E-state index >= 15 is 0 Å². The minimum Gasteiger partial charge on any atom is -0.507 e. The van der Waals surface area contributed by atoms with E-state index in [-0.39, 0.29) is 18.2 Å². The monoisotopic (exact) mass is 414 g/mol. The number of carbonyl (C=O) groups is 1. The number of rotatable bonds is 4. The molecule has 2 aromatic heterocycles. The average molecular weight is 414 g/mol. The smallest absolute Gasteiger partial charge is 0.273 e. The number of halogens is 1. The van der Waals surface area contributed by atoms with Gasteiger partial charge in [0.2, 0.25) is 0 Å². The molecule has 31 heavy (non-hydrogen) atoms. The molecule has 0 saturated carbocycles. The van der Waals surface area contributed by atoms with Crippen LogP contribution in [0.2, 0.25) is 0 Å². The first kappa shape index (κ1) is 19.0. The molecule has 0 fully saturated rings. The third-order valence-corrected chi connectivity index (χ3v) is 5.55. The molecular weight excluding hydrogens is 395 g/mol. The molecule has 0 radical (unpaired) electrons. The van der Waals surface area contributed by atoms with Crippen molar-refractivity contribution in [3.05, 3.63) is 101 Å². The number of fused-ring (bicyclic) bond motifs is 1. The lowest BCUT2D eigenvalue weighted by molar-refractivity contribution is 0.0728. The fourth-order valence-electron chi connectivity index (χ4n) is 4.11. The SMILES string of the molecule is Cc1ccc(O)c(-c2n[nH]c3c2[C@H](c2ccccc2F)N(Cc2cccnc2)C3=O)c1. The van der Waals surface area contributed by atoms with Crippen LogP contribution in [0.25, 0.3) is 11.3 Å². The number of phenolic OH excluding ortho intramolecular Hbond substituents is 1. The van der Waals surface area contributed by atoms with Gasteiger partial charge >= 0.3 is 0 Å². The Labute approximate surface area is 178 Å². The molecule has 2 N–H and O–H groups in total. The minimum absolute atomic E-state index is 0.0466. The van der Waals surface area contributed by atoms with Crippen LogP contribution < -0.4 is 0 Å². The quantitative estimate of drug-likeness (QED) is 0.520. The summed E-state index contributed by atoms with van der Waals surface area (Å²) in [5, 5.41) is 17.6. The number of H-pyrrole nitrogens is 1. The maximum Gasteiger partial charge on any atom is 0.273 e. The molecule has 154 valence electrons. The number of hydrogen-bond donors (Lipinski definition) is 2. The first-order valence-electron chi connectivity index (χ1n) is 9.87. The molecule has 0 bridgehead atoms. The number of nitrogens with one attached hydrogen (secondary N) is 1. The molecular formula is C24H19FN4O2. The van der Waals surface area contributed by atoms with Crippen molar-refractivity contribution in [1.82, 2.24) is 20.1 Å². The summed E-state index contributed by atoms with van der Waals surface area (Å²) in [5.41, 5.74) is 3.92. The fraction of sp³-hybridized carbons (Fsp3) is 0.125. The Balaban J connectivity index is 1.70. The number of aromatic nitrogens is 3. The van der Waals surface area contributed by atoms with Gasteiger partial charge in [-0.15, -0.1) is 0 Å². The summed E-state index contributed by atoms with van der Waals surface area (Å²) in [5.74, 6) is -0.645. The van der Waals surface area contributed by atoms with E-state index in [4.69, 9.17) is 0 Å². The van der Waals surface area contributed by atoms with E-state index in [1.807, 2.05) is 13.0 Å². The van der Waals surface area contributed by atoms with Crippen molar-refractivity contribution in [3.8, 4) is 17.0 Å². The van der Waals surface area contributed by atoms with Gasteiger partial charge in [-0.1, -0.05) is 35.9 Å². The molecule has 6 nitrogen and oxygen atoms in total. The number of nitrogens with zero attached hydrogens (tertiary/aromatic N) is 3. The van der Waals surface area contributed by atoms with E-state index in [0.29, 0.717) is 28.1 Å². The second kappa shape index (κ2) is 7.36. The van der Waals surface area contributed by atoms with Gasteiger partial charge in [0.15, 0.2) is 0 Å². The Hall–Kier alpha value is -4.00. The summed E-state index contributed by atoms with van der Waals surface area (Å²) in [6, 6.07) is 14.6. The molecule has 0 aliphatic carbocycles. The Morgan fingerprint density at radius 1 is 1.16 bits per heavy atom. The number of pyridine rings is 1. The van der Waals surface area contributed by atoms with Gasteiger partial charge in [0.1, 0.15) is 23.0 Å². The number of benzene rings is 2. The molecule has 7 heteroatoms. The molecule has 1 aliphatic heterocycles. The molecule has 1 atom stereocenters. The highest BCUT2D eigenvalue weighted by atomic mass is 19.1. The third kappa shape index (κ3) is 3.15. The standard InChI is InChI=1S/C24H19FN4O2/c1-14-8-9-19(30)17(11-14)21-20-22(28-27-21)24(31)29(13-15-5-4-10-26-12-15)23(20)16-6-2-3-7-18(16)25/h2-12,23,30H,13H2,1H3,(H,27,28)/t23-/m0/s1. The normalized spacial score (nSPS) is 15.4. The molecule has 4 aromatic rings. The highest BCUT2D eigenvalue weighted by Gasteiger charge is 2.43. The van der Waals surface area contributed by atoms with Crippen LogP contribution in [0, 0.1) is 12.7 Å². The van der Waals surface area contributed by atoms with Crippen LogP contribution in [0.15, 0.2) is 67.0 Å². The van der Waals surface area contributed by atoms with Crippen molar-refractivity contribution in [3.63, 3.8) is 0 Å². The molecule has 1 aliphatic rings. The van der Waals surface area contributed by atoms with Crippen LogP contribution in [-0.2, 0) is 6.54 Å². The van der Waals surface area contributed by atoms with Crippen LogP contribution in [0.3, 0.4) is 0 Å². The van der Waals surface area contributed by atoms with Crippen molar-refractivity contribution in [2.75, 3.05) is 0 Å². The predicted molar refractivity (Wildman–Crippen MR) is 113 cm³/mol. The molecule has 5 rings (SSSR count). The van der Waals surface area contributed by atoms with Gasteiger partial charge in [-0.2, -0.15) is 5.10 Å². The van der Waals surface area contributed by atoms with Crippen molar-refractivity contribution >= 4 is 5.91 Å². The summed E-state index contributed by atoms with van der Waals surface area (Å²) in [6.07, 6.45) is 3.35.